The van der Waals surface area contributed by atoms with Crippen molar-refractivity contribution in [3.8, 4) is 0 Å². The molecule has 1 aromatic carbocycles. The van der Waals surface area contributed by atoms with Gasteiger partial charge in [-0.2, -0.15) is 13.2 Å². The summed E-state index contributed by atoms with van der Waals surface area (Å²) in [7, 11) is 0. The standard InChI is InChI=1S/C14H9ClF3NOS/c15-11-3-1-9(2-4-11)12(20)8-21-13-7-10(5-6-19-13)14(16,17)18/h1-7H,8H2. The third-order valence-corrected chi connectivity index (χ3v) is 3.76. The summed E-state index contributed by atoms with van der Waals surface area (Å²) in [6.07, 6.45) is -3.34. The van der Waals surface area contributed by atoms with Crippen LogP contribution in [0.3, 0.4) is 0 Å². The van der Waals surface area contributed by atoms with Crippen LogP contribution in [0, 0.1) is 0 Å². The Morgan fingerprint density at radius 3 is 2.48 bits per heavy atom. The maximum atomic E-state index is 12.6. The van der Waals surface area contributed by atoms with E-state index in [0.717, 1.165) is 30.1 Å². The molecule has 7 heteroatoms. The lowest BCUT2D eigenvalue weighted by atomic mass is 10.1. The van der Waals surface area contributed by atoms with Gasteiger partial charge < -0.3 is 0 Å². The van der Waals surface area contributed by atoms with Gasteiger partial charge in [0.15, 0.2) is 5.78 Å². The van der Waals surface area contributed by atoms with Gasteiger partial charge in [-0.15, -0.1) is 0 Å². The molecule has 2 rings (SSSR count). The van der Waals surface area contributed by atoms with Crippen LogP contribution >= 0.6 is 23.4 Å². The van der Waals surface area contributed by atoms with Crippen molar-refractivity contribution in [3.05, 3.63) is 58.7 Å². The van der Waals surface area contributed by atoms with E-state index in [1.165, 1.54) is 0 Å². The maximum Gasteiger partial charge on any atom is 0.416 e. The number of rotatable bonds is 4. The van der Waals surface area contributed by atoms with Crippen LogP contribution in [0.2, 0.25) is 5.02 Å². The molecule has 0 atom stereocenters. The van der Waals surface area contributed by atoms with Crippen LogP contribution in [0.5, 0.6) is 0 Å². The number of carbonyl (C=O) groups excluding carboxylic acids is 1. The average molecular weight is 332 g/mol. The minimum atomic E-state index is -4.42. The van der Waals surface area contributed by atoms with Crippen LogP contribution in [0.1, 0.15) is 15.9 Å². The number of aromatic nitrogens is 1. The van der Waals surface area contributed by atoms with Gasteiger partial charge in [0.2, 0.25) is 0 Å². The number of carbonyl (C=O) groups is 1. The summed E-state index contributed by atoms with van der Waals surface area (Å²) in [6, 6.07) is 8.14. The van der Waals surface area contributed by atoms with Crippen molar-refractivity contribution in [2.45, 2.75) is 11.2 Å². The van der Waals surface area contributed by atoms with Gasteiger partial charge in [0.25, 0.3) is 0 Å². The largest absolute Gasteiger partial charge is 0.416 e. The van der Waals surface area contributed by atoms with Crippen molar-refractivity contribution in [3.63, 3.8) is 0 Å². The fourth-order valence-electron chi connectivity index (χ4n) is 1.52. The Hall–Kier alpha value is -1.53. The minimum Gasteiger partial charge on any atom is -0.293 e. The molecule has 0 aliphatic carbocycles. The van der Waals surface area contributed by atoms with Crippen molar-refractivity contribution < 1.29 is 18.0 Å². The first kappa shape index (κ1) is 15.9. The zero-order valence-electron chi connectivity index (χ0n) is 10.5. The number of halogens is 4. The lowest BCUT2D eigenvalue weighted by Gasteiger charge is -2.07. The Labute approximate surface area is 128 Å². The summed E-state index contributed by atoms with van der Waals surface area (Å²) >= 11 is 6.68. The fraction of sp³-hybridized carbons (Fsp3) is 0.143. The van der Waals surface area contributed by atoms with Gasteiger partial charge in [-0.05, 0) is 36.4 Å². The van der Waals surface area contributed by atoms with E-state index in [0.29, 0.717) is 10.6 Å². The molecule has 0 radical (unpaired) electrons. The van der Waals surface area contributed by atoms with E-state index in [9.17, 15) is 18.0 Å². The number of hydrogen-bond acceptors (Lipinski definition) is 3. The van der Waals surface area contributed by atoms with Crippen LogP contribution in [-0.4, -0.2) is 16.5 Å². The molecule has 21 heavy (non-hydrogen) atoms. The zero-order chi connectivity index (χ0) is 15.5. The molecule has 0 bridgehead atoms. The highest BCUT2D eigenvalue weighted by molar-refractivity contribution is 7.99. The molecule has 0 amide bonds. The van der Waals surface area contributed by atoms with Gasteiger partial charge in [0, 0.05) is 16.8 Å². The number of nitrogens with zero attached hydrogens (tertiary/aromatic N) is 1. The molecule has 2 aromatic rings. The predicted octanol–water partition coefficient (Wildman–Crippen LogP) is 4.73. The van der Waals surface area contributed by atoms with Crippen LogP contribution < -0.4 is 0 Å². The quantitative estimate of drug-likeness (QED) is 0.599. The molecule has 1 heterocycles. The smallest absolute Gasteiger partial charge is 0.293 e. The Morgan fingerprint density at radius 2 is 1.86 bits per heavy atom. The van der Waals surface area contributed by atoms with Crippen molar-refractivity contribution in [1.29, 1.82) is 0 Å². The highest BCUT2D eigenvalue weighted by Crippen LogP contribution is 2.31. The van der Waals surface area contributed by atoms with E-state index >= 15 is 0 Å². The average Bonchev–Trinajstić information content (AvgIpc) is 2.45. The molecule has 1 aromatic heterocycles. The van der Waals surface area contributed by atoms with Crippen LogP contribution in [0.25, 0.3) is 0 Å². The Balaban J connectivity index is 2.03. The second-order valence-electron chi connectivity index (χ2n) is 4.10. The first-order valence-corrected chi connectivity index (χ1v) is 7.17. The van der Waals surface area contributed by atoms with Gasteiger partial charge in [-0.1, -0.05) is 23.4 Å². The second-order valence-corrected chi connectivity index (χ2v) is 5.53. The third-order valence-electron chi connectivity index (χ3n) is 2.58. The SMILES string of the molecule is O=C(CSc1cc(C(F)(F)F)ccn1)c1ccc(Cl)cc1. The molecule has 0 saturated heterocycles. The molecule has 0 N–H and O–H groups in total. The van der Waals surface area contributed by atoms with Crippen molar-refractivity contribution in [2.24, 2.45) is 0 Å². The fourth-order valence-corrected chi connectivity index (χ4v) is 2.44. The van der Waals surface area contributed by atoms with Crippen LogP contribution in [-0.2, 0) is 6.18 Å². The zero-order valence-corrected chi connectivity index (χ0v) is 12.1. The van der Waals surface area contributed by atoms with Gasteiger partial charge in [-0.25, -0.2) is 4.98 Å². The summed E-state index contributed by atoms with van der Waals surface area (Å²) in [4.78, 5) is 15.7. The highest BCUT2D eigenvalue weighted by Gasteiger charge is 2.30. The molecule has 110 valence electrons. The summed E-state index contributed by atoms with van der Waals surface area (Å²) in [5.74, 6) is -0.188. The molecule has 0 aliphatic rings. The molecule has 0 aliphatic heterocycles. The monoisotopic (exact) mass is 331 g/mol. The van der Waals surface area contributed by atoms with Gasteiger partial charge in [0.1, 0.15) is 0 Å². The number of Topliss-reactive ketones (excluding diaryl/α,β-unsaturated/α-hetero) is 1. The maximum absolute atomic E-state index is 12.6. The molecule has 0 fully saturated rings. The van der Waals surface area contributed by atoms with E-state index in [1.807, 2.05) is 0 Å². The predicted molar refractivity (Wildman–Crippen MR) is 75.7 cm³/mol. The first-order chi connectivity index (χ1) is 9.86. The first-order valence-electron chi connectivity index (χ1n) is 5.81. The number of benzene rings is 1. The van der Waals surface area contributed by atoms with E-state index in [1.54, 1.807) is 24.3 Å². The van der Waals surface area contributed by atoms with E-state index < -0.39 is 11.7 Å². The topological polar surface area (TPSA) is 30.0 Å². The van der Waals surface area contributed by atoms with Gasteiger partial charge in [-0.3, -0.25) is 4.79 Å². The van der Waals surface area contributed by atoms with Gasteiger partial charge >= 0.3 is 6.18 Å². The Morgan fingerprint density at radius 1 is 1.19 bits per heavy atom. The van der Waals surface area contributed by atoms with E-state index in [-0.39, 0.29) is 16.6 Å². The lowest BCUT2D eigenvalue weighted by molar-refractivity contribution is -0.137. The minimum absolute atomic E-state index is 0.00986. The Bertz CT molecular complexity index is 643. The molecular formula is C14H9ClF3NOS. The summed E-state index contributed by atoms with van der Waals surface area (Å²) in [6.45, 7) is 0. The third kappa shape index (κ3) is 4.47. The van der Waals surface area contributed by atoms with E-state index in [4.69, 9.17) is 11.6 Å². The normalized spacial score (nSPS) is 11.4. The van der Waals surface area contributed by atoms with Crippen molar-refractivity contribution in [1.82, 2.24) is 4.98 Å². The molecule has 2 nitrogen and oxygen atoms in total. The number of hydrogen-bond donors (Lipinski definition) is 0. The highest BCUT2D eigenvalue weighted by atomic mass is 35.5. The molecular weight excluding hydrogens is 323 g/mol. The van der Waals surface area contributed by atoms with E-state index in [2.05, 4.69) is 4.98 Å². The summed E-state index contributed by atoms with van der Waals surface area (Å²) in [5.41, 5.74) is -0.321. The summed E-state index contributed by atoms with van der Waals surface area (Å²) in [5, 5.41) is 0.672. The molecule has 0 spiro atoms. The number of alkyl halides is 3. The van der Waals surface area contributed by atoms with Crippen molar-refractivity contribution in [2.75, 3.05) is 5.75 Å². The number of thioether (sulfide) groups is 1. The van der Waals surface area contributed by atoms with Gasteiger partial charge in [0.05, 0.1) is 16.3 Å². The number of pyridine rings is 1. The molecule has 0 saturated carbocycles. The second kappa shape index (κ2) is 6.49. The van der Waals surface area contributed by atoms with Crippen LogP contribution in [0.4, 0.5) is 13.2 Å². The Kier molecular flexibility index (Phi) is 4.90. The summed E-state index contributed by atoms with van der Waals surface area (Å²) < 4.78 is 37.7. The number of ketones is 1. The van der Waals surface area contributed by atoms with Crippen molar-refractivity contribution >= 4 is 29.1 Å². The van der Waals surface area contributed by atoms with Crippen LogP contribution in [0.15, 0.2) is 47.6 Å². The lowest BCUT2D eigenvalue weighted by Crippen LogP contribution is -2.06. The molecule has 0 unspecified atom stereocenters.